The average molecular weight is 366 g/mol. The summed E-state index contributed by atoms with van der Waals surface area (Å²) in [6.07, 6.45) is 3.21. The number of nitrogens with zero attached hydrogens (tertiary/aromatic N) is 5. The fourth-order valence-corrected chi connectivity index (χ4v) is 3.34. The van der Waals surface area contributed by atoms with Crippen LogP contribution in [0.1, 0.15) is 40.4 Å². The minimum absolute atomic E-state index is 0.0214. The summed E-state index contributed by atoms with van der Waals surface area (Å²) in [5.74, 6) is 1.82. The van der Waals surface area contributed by atoms with Crippen LogP contribution in [0.3, 0.4) is 0 Å². The zero-order chi connectivity index (χ0) is 19.2. The Kier molecular flexibility index (Phi) is 7.40. The minimum atomic E-state index is 0.0214. The number of ether oxygens (including phenoxy) is 1. The molecule has 2 unspecified atom stereocenters. The van der Waals surface area contributed by atoms with Crippen molar-refractivity contribution in [3.63, 3.8) is 0 Å². The molecule has 148 valence electrons. The van der Waals surface area contributed by atoms with Crippen LogP contribution in [0.5, 0.6) is 0 Å². The lowest BCUT2D eigenvalue weighted by atomic mass is 10.00. The van der Waals surface area contributed by atoms with Gasteiger partial charge in [-0.15, -0.1) is 10.2 Å². The van der Waals surface area contributed by atoms with Gasteiger partial charge in [-0.2, -0.15) is 0 Å². The Balaban J connectivity index is 1.80. The van der Waals surface area contributed by atoms with Gasteiger partial charge in [-0.3, -0.25) is 9.89 Å². The van der Waals surface area contributed by atoms with Crippen molar-refractivity contribution in [1.29, 1.82) is 0 Å². The van der Waals surface area contributed by atoms with Gasteiger partial charge in [-0.1, -0.05) is 6.92 Å². The summed E-state index contributed by atoms with van der Waals surface area (Å²) in [5, 5.41) is 14.9. The van der Waals surface area contributed by atoms with Gasteiger partial charge in [0, 0.05) is 51.7 Å². The number of aryl methyl sites for hydroxylation is 1. The van der Waals surface area contributed by atoms with Gasteiger partial charge in [0.15, 0.2) is 5.96 Å². The highest BCUT2D eigenvalue weighted by atomic mass is 16.5. The topological polar surface area (TPSA) is 79.6 Å². The van der Waals surface area contributed by atoms with Crippen LogP contribution >= 0.6 is 0 Å². The first-order valence-electron chi connectivity index (χ1n) is 9.57. The molecule has 0 aromatic carbocycles. The predicted octanol–water partition coefficient (Wildman–Crippen LogP) is 0.893. The summed E-state index contributed by atoms with van der Waals surface area (Å²) >= 11 is 0. The number of hydrogen-bond acceptors (Lipinski definition) is 5. The van der Waals surface area contributed by atoms with Crippen molar-refractivity contribution in [2.45, 2.75) is 65.3 Å². The summed E-state index contributed by atoms with van der Waals surface area (Å²) in [6, 6.07) is 0. The lowest BCUT2D eigenvalue weighted by molar-refractivity contribution is -0.0946. The van der Waals surface area contributed by atoms with Crippen LogP contribution in [0.2, 0.25) is 0 Å². The molecule has 0 aliphatic carbocycles. The number of hydrogen-bond donors (Lipinski definition) is 2. The maximum absolute atomic E-state index is 5.85. The molecule has 1 fully saturated rings. The summed E-state index contributed by atoms with van der Waals surface area (Å²) < 4.78 is 7.93. The third-order valence-electron chi connectivity index (χ3n) is 4.84. The van der Waals surface area contributed by atoms with Crippen molar-refractivity contribution in [3.05, 3.63) is 12.2 Å². The van der Waals surface area contributed by atoms with Crippen LogP contribution in [-0.2, 0) is 17.7 Å². The van der Waals surface area contributed by atoms with E-state index in [0.29, 0.717) is 0 Å². The van der Waals surface area contributed by atoms with E-state index < -0.39 is 0 Å². The zero-order valence-corrected chi connectivity index (χ0v) is 17.1. The molecule has 0 spiro atoms. The van der Waals surface area contributed by atoms with Gasteiger partial charge in [0.2, 0.25) is 0 Å². The van der Waals surface area contributed by atoms with E-state index in [2.05, 4.69) is 69.9 Å². The van der Waals surface area contributed by atoms with E-state index in [9.17, 15) is 0 Å². The molecule has 2 N–H and O–H groups in total. The third-order valence-corrected chi connectivity index (χ3v) is 4.84. The minimum Gasteiger partial charge on any atom is -0.373 e. The molecule has 1 aliphatic rings. The van der Waals surface area contributed by atoms with E-state index in [1.54, 1.807) is 13.4 Å². The second-order valence-electron chi connectivity index (χ2n) is 7.62. The fourth-order valence-electron chi connectivity index (χ4n) is 3.34. The monoisotopic (exact) mass is 365 g/mol. The largest absolute Gasteiger partial charge is 0.373 e. The molecule has 2 rings (SSSR count). The highest BCUT2D eigenvalue weighted by Crippen LogP contribution is 2.20. The molecular formula is C18H35N7O. The van der Waals surface area contributed by atoms with Gasteiger partial charge < -0.3 is 19.9 Å². The maximum atomic E-state index is 5.85. The highest BCUT2D eigenvalue weighted by Gasteiger charge is 2.33. The summed E-state index contributed by atoms with van der Waals surface area (Å²) in [5.41, 5.74) is 0.0214. The standard InChI is InChI=1S/C18H35N7O/c1-7-16-23-22-13-24(16)9-8-20-17(19-6)21-12-18(4,5)25-10-14(2)26-15(3)11-25/h13-15H,7-12H2,1-6H3,(H2,19,20,21). The molecule has 1 aromatic heterocycles. The number of morpholine rings is 1. The Hall–Kier alpha value is -1.67. The van der Waals surface area contributed by atoms with Crippen LogP contribution in [0, 0.1) is 0 Å². The van der Waals surface area contributed by atoms with Gasteiger partial charge in [0.1, 0.15) is 12.2 Å². The van der Waals surface area contributed by atoms with Crippen LogP contribution in [0.15, 0.2) is 11.3 Å². The third kappa shape index (κ3) is 5.67. The first-order chi connectivity index (χ1) is 12.4. The van der Waals surface area contributed by atoms with Gasteiger partial charge in [0.25, 0.3) is 0 Å². The molecule has 0 amide bonds. The van der Waals surface area contributed by atoms with Gasteiger partial charge in [-0.25, -0.2) is 0 Å². The number of aliphatic imine (C=N–C) groups is 1. The second kappa shape index (κ2) is 9.32. The molecule has 8 heteroatoms. The summed E-state index contributed by atoms with van der Waals surface area (Å²) in [7, 11) is 1.80. The van der Waals surface area contributed by atoms with E-state index in [4.69, 9.17) is 4.74 Å². The highest BCUT2D eigenvalue weighted by molar-refractivity contribution is 5.79. The van der Waals surface area contributed by atoms with Gasteiger partial charge >= 0.3 is 0 Å². The molecule has 26 heavy (non-hydrogen) atoms. The molecule has 8 nitrogen and oxygen atoms in total. The zero-order valence-electron chi connectivity index (χ0n) is 17.1. The fraction of sp³-hybridized carbons (Fsp3) is 0.833. The van der Waals surface area contributed by atoms with E-state index in [0.717, 1.165) is 50.9 Å². The second-order valence-corrected chi connectivity index (χ2v) is 7.62. The Morgan fingerprint density at radius 2 is 2.00 bits per heavy atom. The molecule has 1 saturated heterocycles. The van der Waals surface area contributed by atoms with Crippen molar-refractivity contribution in [2.24, 2.45) is 4.99 Å². The van der Waals surface area contributed by atoms with Crippen LogP contribution in [0.25, 0.3) is 0 Å². The van der Waals surface area contributed by atoms with Crippen LogP contribution in [0.4, 0.5) is 0 Å². The SMILES string of the molecule is CCc1nncn1CCNC(=NC)NCC(C)(C)N1CC(C)OC(C)C1. The summed E-state index contributed by atoms with van der Waals surface area (Å²) in [6.45, 7) is 15.2. The maximum Gasteiger partial charge on any atom is 0.191 e. The normalized spacial score (nSPS) is 22.5. The van der Waals surface area contributed by atoms with E-state index >= 15 is 0 Å². The quantitative estimate of drug-likeness (QED) is 0.552. The molecule has 1 aliphatic heterocycles. The molecule has 0 saturated carbocycles. The van der Waals surface area contributed by atoms with Crippen molar-refractivity contribution >= 4 is 5.96 Å². The Morgan fingerprint density at radius 3 is 2.62 bits per heavy atom. The molecule has 1 aromatic rings. The van der Waals surface area contributed by atoms with Gasteiger partial charge in [0.05, 0.1) is 12.2 Å². The Morgan fingerprint density at radius 1 is 1.31 bits per heavy atom. The Bertz CT molecular complexity index is 574. The van der Waals surface area contributed by atoms with Crippen LogP contribution in [-0.4, -0.2) is 76.6 Å². The molecule has 2 heterocycles. The first-order valence-corrected chi connectivity index (χ1v) is 9.57. The van der Waals surface area contributed by atoms with Crippen LogP contribution < -0.4 is 10.6 Å². The van der Waals surface area contributed by atoms with Gasteiger partial charge in [-0.05, 0) is 27.7 Å². The molecular weight excluding hydrogens is 330 g/mol. The molecule has 2 atom stereocenters. The lowest BCUT2D eigenvalue weighted by Gasteiger charge is -2.45. The van der Waals surface area contributed by atoms with Crippen molar-refractivity contribution < 1.29 is 4.74 Å². The predicted molar refractivity (Wildman–Crippen MR) is 104 cm³/mol. The van der Waals surface area contributed by atoms with Crippen molar-refractivity contribution in [1.82, 2.24) is 30.3 Å². The van der Waals surface area contributed by atoms with E-state index in [1.807, 2.05) is 0 Å². The number of guanidine groups is 1. The Labute approximate surface area is 157 Å². The number of rotatable bonds is 7. The number of aromatic nitrogens is 3. The molecule has 0 radical (unpaired) electrons. The number of nitrogens with one attached hydrogen (secondary N) is 2. The van der Waals surface area contributed by atoms with Crippen molar-refractivity contribution in [2.75, 3.05) is 33.2 Å². The first kappa shape index (κ1) is 20.6. The molecule has 0 bridgehead atoms. The summed E-state index contributed by atoms with van der Waals surface area (Å²) in [4.78, 5) is 6.84. The van der Waals surface area contributed by atoms with E-state index in [-0.39, 0.29) is 17.7 Å². The smallest absolute Gasteiger partial charge is 0.191 e. The lowest BCUT2D eigenvalue weighted by Crippen LogP contribution is -2.59. The average Bonchev–Trinajstić information content (AvgIpc) is 3.04. The van der Waals surface area contributed by atoms with E-state index in [1.165, 1.54) is 0 Å². The van der Waals surface area contributed by atoms with Crippen molar-refractivity contribution in [3.8, 4) is 0 Å².